The lowest BCUT2D eigenvalue weighted by molar-refractivity contribution is -0.0242. The van der Waals surface area contributed by atoms with E-state index in [1.807, 2.05) is 17.8 Å². The summed E-state index contributed by atoms with van der Waals surface area (Å²) in [6.45, 7) is 3.49. The van der Waals surface area contributed by atoms with Gasteiger partial charge in [0, 0.05) is 13.5 Å². The standard InChI is InChI=1S/C13H21N3O2/c1-16-10-15-7-11(16)8-17-12-6-13(18-9-12)2-4-14-5-3-13/h7,10,12,14H,2-6,8-9H2,1H3. The van der Waals surface area contributed by atoms with Crippen molar-refractivity contribution in [1.29, 1.82) is 0 Å². The summed E-state index contributed by atoms with van der Waals surface area (Å²) in [6, 6.07) is 0. The monoisotopic (exact) mass is 251 g/mol. The Morgan fingerprint density at radius 1 is 1.56 bits per heavy atom. The average molecular weight is 251 g/mol. The van der Waals surface area contributed by atoms with Crippen LogP contribution in [-0.2, 0) is 23.1 Å². The van der Waals surface area contributed by atoms with Gasteiger partial charge in [-0.1, -0.05) is 0 Å². The van der Waals surface area contributed by atoms with Crippen LogP contribution in [0.5, 0.6) is 0 Å². The molecule has 1 spiro atoms. The topological polar surface area (TPSA) is 48.3 Å². The average Bonchev–Trinajstić information content (AvgIpc) is 2.96. The van der Waals surface area contributed by atoms with Crippen molar-refractivity contribution in [3.63, 3.8) is 0 Å². The molecule has 100 valence electrons. The highest BCUT2D eigenvalue weighted by Gasteiger charge is 2.41. The molecule has 2 fully saturated rings. The normalized spacial score (nSPS) is 26.8. The number of hydrogen-bond acceptors (Lipinski definition) is 4. The van der Waals surface area contributed by atoms with Crippen LogP contribution in [0.2, 0.25) is 0 Å². The SMILES string of the molecule is Cn1cncc1COC1COC2(CCNCC2)C1. The number of rotatable bonds is 3. The first-order chi connectivity index (χ1) is 8.77. The molecule has 1 unspecified atom stereocenters. The molecule has 2 aliphatic rings. The molecule has 0 amide bonds. The molecule has 2 saturated heterocycles. The van der Waals surface area contributed by atoms with Gasteiger partial charge in [0.2, 0.25) is 0 Å². The van der Waals surface area contributed by atoms with E-state index in [9.17, 15) is 0 Å². The van der Waals surface area contributed by atoms with Crippen LogP contribution < -0.4 is 5.32 Å². The highest BCUT2D eigenvalue weighted by atomic mass is 16.6. The highest BCUT2D eigenvalue weighted by Crippen LogP contribution is 2.35. The van der Waals surface area contributed by atoms with E-state index in [0.717, 1.165) is 44.7 Å². The molecule has 1 N–H and O–H groups in total. The largest absolute Gasteiger partial charge is 0.372 e. The number of piperidine rings is 1. The van der Waals surface area contributed by atoms with Crippen LogP contribution in [0.3, 0.4) is 0 Å². The predicted molar refractivity (Wildman–Crippen MR) is 67.2 cm³/mol. The summed E-state index contributed by atoms with van der Waals surface area (Å²) in [6.07, 6.45) is 7.15. The first-order valence-corrected chi connectivity index (χ1v) is 6.69. The molecule has 5 heteroatoms. The fourth-order valence-electron chi connectivity index (χ4n) is 2.87. The van der Waals surface area contributed by atoms with E-state index >= 15 is 0 Å². The predicted octanol–water partition coefficient (Wildman–Crippen LogP) is 0.848. The Hall–Kier alpha value is -0.910. The Balaban J connectivity index is 1.52. The first-order valence-electron chi connectivity index (χ1n) is 6.69. The Morgan fingerprint density at radius 3 is 3.11 bits per heavy atom. The zero-order valence-corrected chi connectivity index (χ0v) is 10.9. The maximum Gasteiger partial charge on any atom is 0.0946 e. The summed E-state index contributed by atoms with van der Waals surface area (Å²) in [5.74, 6) is 0. The molecule has 0 bridgehead atoms. The van der Waals surface area contributed by atoms with Crippen LogP contribution in [0, 0.1) is 0 Å². The third-order valence-corrected chi connectivity index (χ3v) is 4.07. The van der Waals surface area contributed by atoms with E-state index in [1.165, 1.54) is 0 Å². The van der Waals surface area contributed by atoms with Crippen molar-refractivity contribution in [2.75, 3.05) is 19.7 Å². The quantitative estimate of drug-likeness (QED) is 0.865. The minimum atomic E-state index is 0.0857. The second-order valence-electron chi connectivity index (χ2n) is 5.38. The van der Waals surface area contributed by atoms with Gasteiger partial charge < -0.3 is 19.4 Å². The van der Waals surface area contributed by atoms with Crippen molar-refractivity contribution < 1.29 is 9.47 Å². The molecule has 0 aliphatic carbocycles. The van der Waals surface area contributed by atoms with Crippen LogP contribution in [0.15, 0.2) is 12.5 Å². The van der Waals surface area contributed by atoms with Crippen molar-refractivity contribution in [1.82, 2.24) is 14.9 Å². The Morgan fingerprint density at radius 2 is 2.39 bits per heavy atom. The van der Waals surface area contributed by atoms with E-state index in [-0.39, 0.29) is 11.7 Å². The molecule has 0 aromatic carbocycles. The lowest BCUT2D eigenvalue weighted by Crippen LogP contribution is -2.41. The zero-order valence-electron chi connectivity index (χ0n) is 10.9. The minimum absolute atomic E-state index is 0.0857. The molecule has 18 heavy (non-hydrogen) atoms. The number of hydrogen-bond donors (Lipinski definition) is 1. The summed E-state index contributed by atoms with van der Waals surface area (Å²) >= 11 is 0. The number of nitrogens with zero attached hydrogens (tertiary/aromatic N) is 2. The number of nitrogens with one attached hydrogen (secondary N) is 1. The van der Waals surface area contributed by atoms with Gasteiger partial charge in [0.1, 0.15) is 0 Å². The molecule has 3 rings (SSSR count). The second-order valence-corrected chi connectivity index (χ2v) is 5.38. The van der Waals surface area contributed by atoms with Crippen molar-refractivity contribution >= 4 is 0 Å². The van der Waals surface area contributed by atoms with Crippen LogP contribution >= 0.6 is 0 Å². The number of aryl methyl sites for hydroxylation is 1. The molecule has 1 aromatic heterocycles. The highest BCUT2D eigenvalue weighted by molar-refractivity contribution is 4.97. The van der Waals surface area contributed by atoms with Gasteiger partial charge in [0.05, 0.1) is 43.1 Å². The van der Waals surface area contributed by atoms with Gasteiger partial charge in [-0.2, -0.15) is 0 Å². The van der Waals surface area contributed by atoms with E-state index in [2.05, 4.69) is 10.3 Å². The number of ether oxygens (including phenoxy) is 2. The van der Waals surface area contributed by atoms with Crippen molar-refractivity contribution in [2.24, 2.45) is 7.05 Å². The Kier molecular flexibility index (Phi) is 3.37. The van der Waals surface area contributed by atoms with E-state index < -0.39 is 0 Å². The zero-order chi connectivity index (χ0) is 12.4. The van der Waals surface area contributed by atoms with Gasteiger partial charge in [-0.15, -0.1) is 0 Å². The van der Waals surface area contributed by atoms with Gasteiger partial charge >= 0.3 is 0 Å². The van der Waals surface area contributed by atoms with E-state index in [4.69, 9.17) is 9.47 Å². The summed E-state index contributed by atoms with van der Waals surface area (Å²) in [5.41, 5.74) is 1.20. The lowest BCUT2D eigenvalue weighted by atomic mass is 9.89. The maximum absolute atomic E-state index is 6.01. The van der Waals surface area contributed by atoms with Crippen molar-refractivity contribution in [2.45, 2.75) is 37.6 Å². The smallest absolute Gasteiger partial charge is 0.0946 e. The molecule has 3 heterocycles. The Labute approximate surface area is 107 Å². The molecule has 0 radical (unpaired) electrons. The third-order valence-electron chi connectivity index (χ3n) is 4.07. The van der Waals surface area contributed by atoms with Gasteiger partial charge in [-0.05, 0) is 25.9 Å². The van der Waals surface area contributed by atoms with Crippen LogP contribution in [-0.4, -0.2) is 41.0 Å². The third kappa shape index (κ3) is 2.43. The van der Waals surface area contributed by atoms with Crippen LogP contribution in [0.4, 0.5) is 0 Å². The van der Waals surface area contributed by atoms with Crippen LogP contribution in [0.1, 0.15) is 25.0 Å². The minimum Gasteiger partial charge on any atom is -0.372 e. The number of imidazole rings is 1. The van der Waals surface area contributed by atoms with Crippen molar-refractivity contribution in [3.8, 4) is 0 Å². The fourth-order valence-corrected chi connectivity index (χ4v) is 2.87. The van der Waals surface area contributed by atoms with Gasteiger partial charge in [-0.3, -0.25) is 0 Å². The van der Waals surface area contributed by atoms with Crippen LogP contribution in [0.25, 0.3) is 0 Å². The Bertz CT molecular complexity index is 399. The molecule has 0 saturated carbocycles. The van der Waals surface area contributed by atoms with Gasteiger partial charge in [-0.25, -0.2) is 4.98 Å². The summed E-state index contributed by atoms with van der Waals surface area (Å²) in [4.78, 5) is 4.09. The molecular formula is C13H21N3O2. The molecular weight excluding hydrogens is 230 g/mol. The van der Waals surface area contributed by atoms with E-state index in [1.54, 1.807) is 6.33 Å². The summed E-state index contributed by atoms with van der Waals surface area (Å²) in [7, 11) is 1.99. The maximum atomic E-state index is 6.01. The number of aromatic nitrogens is 2. The molecule has 5 nitrogen and oxygen atoms in total. The first kappa shape index (κ1) is 12.1. The molecule has 1 atom stereocenters. The van der Waals surface area contributed by atoms with Gasteiger partial charge in [0.15, 0.2) is 0 Å². The second kappa shape index (κ2) is 4.99. The van der Waals surface area contributed by atoms with E-state index in [0.29, 0.717) is 6.61 Å². The molecule has 1 aromatic rings. The molecule has 2 aliphatic heterocycles. The van der Waals surface area contributed by atoms with Crippen molar-refractivity contribution in [3.05, 3.63) is 18.2 Å². The summed E-state index contributed by atoms with van der Waals surface area (Å²) < 4.78 is 14.0. The summed E-state index contributed by atoms with van der Waals surface area (Å²) in [5, 5.41) is 3.38. The fraction of sp³-hybridized carbons (Fsp3) is 0.769. The van der Waals surface area contributed by atoms with Gasteiger partial charge in [0.25, 0.3) is 0 Å². The lowest BCUT2D eigenvalue weighted by Gasteiger charge is -2.32.